The Labute approximate surface area is 166 Å². The van der Waals surface area contributed by atoms with E-state index in [4.69, 9.17) is 9.47 Å². The van der Waals surface area contributed by atoms with Crippen molar-refractivity contribution >= 4 is 28.8 Å². The number of nitrogens with zero attached hydrogens (tertiary/aromatic N) is 1. The Kier molecular flexibility index (Phi) is 6.44. The molecule has 0 aliphatic rings. The molecule has 146 valence electrons. The third-order valence-electron chi connectivity index (χ3n) is 4.01. The molecule has 0 saturated carbocycles. The maximum absolute atomic E-state index is 12.1. The fraction of sp³-hybridized carbons (Fsp3) is 0.250. The van der Waals surface area contributed by atoms with Gasteiger partial charge in [-0.1, -0.05) is 6.07 Å². The maximum atomic E-state index is 12.1. The summed E-state index contributed by atoms with van der Waals surface area (Å²) in [5, 5.41) is 11.8. The summed E-state index contributed by atoms with van der Waals surface area (Å²) >= 11 is 1.60. The maximum Gasteiger partial charge on any atom is 0.225 e. The number of nitrogens with one attached hydrogen (secondary N) is 2. The lowest BCUT2D eigenvalue weighted by Crippen LogP contribution is -2.13. The molecule has 1 aromatic carbocycles. The molecule has 0 unspecified atom stereocenters. The van der Waals surface area contributed by atoms with Crippen LogP contribution in [0, 0.1) is 0 Å². The summed E-state index contributed by atoms with van der Waals surface area (Å²) < 4.78 is 10.9. The molecular formula is C20H21N3O4S. The number of H-pyrrole nitrogens is 1. The lowest BCUT2D eigenvalue weighted by atomic mass is 10.1. The largest absolute Gasteiger partial charge is 0.493 e. The summed E-state index contributed by atoms with van der Waals surface area (Å²) in [5.41, 5.74) is 1.43. The Morgan fingerprint density at radius 2 is 2.07 bits per heavy atom. The smallest absolute Gasteiger partial charge is 0.225 e. The van der Waals surface area contributed by atoms with Crippen molar-refractivity contribution in [1.82, 2.24) is 10.2 Å². The first kappa shape index (κ1) is 19.6. The summed E-state index contributed by atoms with van der Waals surface area (Å²) in [6.07, 6.45) is 0.834. The summed E-state index contributed by atoms with van der Waals surface area (Å²) in [7, 11) is 1.52. The van der Waals surface area contributed by atoms with Crippen LogP contribution in [-0.4, -0.2) is 35.6 Å². The van der Waals surface area contributed by atoms with Crippen molar-refractivity contribution in [2.75, 3.05) is 19.0 Å². The highest BCUT2D eigenvalue weighted by atomic mass is 32.1. The second-order valence-corrected chi connectivity index (χ2v) is 7.01. The van der Waals surface area contributed by atoms with Crippen LogP contribution in [0.4, 0.5) is 5.82 Å². The van der Waals surface area contributed by atoms with Gasteiger partial charge in [-0.25, -0.2) is 0 Å². The summed E-state index contributed by atoms with van der Waals surface area (Å²) in [5.74, 6) is 1.36. The number of aromatic amines is 1. The molecule has 7 nitrogen and oxygen atoms in total. The van der Waals surface area contributed by atoms with E-state index in [1.54, 1.807) is 29.5 Å². The average Bonchev–Trinajstić information content (AvgIpc) is 3.36. The van der Waals surface area contributed by atoms with E-state index >= 15 is 0 Å². The highest BCUT2D eigenvalue weighted by Gasteiger charge is 2.10. The molecule has 0 radical (unpaired) electrons. The third-order valence-corrected chi connectivity index (χ3v) is 4.91. The molecule has 3 aromatic rings. The van der Waals surface area contributed by atoms with Crippen molar-refractivity contribution in [1.29, 1.82) is 0 Å². The number of Topliss-reactive ketones (excluding diaryl/α,β-unsaturated/α-hetero) is 1. The molecule has 2 heterocycles. The zero-order valence-electron chi connectivity index (χ0n) is 15.7. The van der Waals surface area contributed by atoms with Gasteiger partial charge in [-0.15, -0.1) is 11.3 Å². The minimum atomic E-state index is -0.133. The van der Waals surface area contributed by atoms with Crippen molar-refractivity contribution in [3.8, 4) is 22.1 Å². The first-order valence-electron chi connectivity index (χ1n) is 8.77. The number of benzene rings is 1. The lowest BCUT2D eigenvalue weighted by Gasteiger charge is -2.11. The topological polar surface area (TPSA) is 93.3 Å². The van der Waals surface area contributed by atoms with E-state index in [2.05, 4.69) is 15.5 Å². The van der Waals surface area contributed by atoms with Crippen LogP contribution >= 0.6 is 11.3 Å². The Balaban J connectivity index is 1.45. The van der Waals surface area contributed by atoms with Crippen LogP contribution in [0.25, 0.3) is 10.6 Å². The zero-order chi connectivity index (χ0) is 19.9. The highest BCUT2D eigenvalue weighted by molar-refractivity contribution is 7.13. The number of amides is 1. The minimum Gasteiger partial charge on any atom is -0.493 e. The Bertz CT molecular complexity index is 950. The summed E-state index contributed by atoms with van der Waals surface area (Å²) in [6, 6.07) is 10.8. The number of ketones is 1. The number of aromatic nitrogens is 2. The normalized spacial score (nSPS) is 10.5. The van der Waals surface area contributed by atoms with Gasteiger partial charge in [0.25, 0.3) is 0 Å². The van der Waals surface area contributed by atoms with Gasteiger partial charge in [-0.3, -0.25) is 14.7 Å². The Hall–Kier alpha value is -3.13. The molecule has 0 bridgehead atoms. The molecule has 2 N–H and O–H groups in total. The van der Waals surface area contributed by atoms with E-state index in [1.807, 2.05) is 23.6 Å². The number of hydrogen-bond donors (Lipinski definition) is 2. The van der Waals surface area contributed by atoms with E-state index in [9.17, 15) is 9.59 Å². The molecule has 0 saturated heterocycles. The van der Waals surface area contributed by atoms with Gasteiger partial charge >= 0.3 is 0 Å². The summed E-state index contributed by atoms with van der Waals surface area (Å²) in [6.45, 7) is 1.85. The van der Waals surface area contributed by atoms with Crippen LogP contribution in [-0.2, 0) is 4.79 Å². The quantitative estimate of drug-likeness (QED) is 0.416. The lowest BCUT2D eigenvalue weighted by molar-refractivity contribution is -0.116. The number of ether oxygens (including phenoxy) is 2. The fourth-order valence-corrected chi connectivity index (χ4v) is 3.26. The van der Waals surface area contributed by atoms with E-state index in [-0.39, 0.29) is 11.7 Å². The van der Waals surface area contributed by atoms with E-state index in [1.165, 1.54) is 14.0 Å². The molecular weight excluding hydrogens is 378 g/mol. The van der Waals surface area contributed by atoms with Gasteiger partial charge in [-0.2, -0.15) is 5.10 Å². The number of methoxy groups -OCH3 is 1. The monoisotopic (exact) mass is 399 g/mol. The number of rotatable bonds is 9. The van der Waals surface area contributed by atoms with Crippen molar-refractivity contribution in [3.63, 3.8) is 0 Å². The van der Waals surface area contributed by atoms with Gasteiger partial charge in [0.2, 0.25) is 5.91 Å². The number of anilines is 1. The van der Waals surface area contributed by atoms with Crippen molar-refractivity contribution in [3.05, 3.63) is 47.3 Å². The van der Waals surface area contributed by atoms with Crippen LogP contribution < -0.4 is 14.8 Å². The second kappa shape index (κ2) is 9.18. The van der Waals surface area contributed by atoms with E-state index in [0.717, 1.165) is 10.6 Å². The molecule has 0 aliphatic heterocycles. The first-order valence-corrected chi connectivity index (χ1v) is 9.65. The van der Waals surface area contributed by atoms with Crippen LogP contribution in [0.15, 0.2) is 41.8 Å². The molecule has 0 fully saturated rings. The van der Waals surface area contributed by atoms with Crippen LogP contribution in [0.5, 0.6) is 11.5 Å². The summed E-state index contributed by atoms with van der Waals surface area (Å²) in [4.78, 5) is 24.6. The Morgan fingerprint density at radius 3 is 2.79 bits per heavy atom. The minimum absolute atomic E-state index is 0.0397. The van der Waals surface area contributed by atoms with Gasteiger partial charge in [0.1, 0.15) is 0 Å². The molecule has 0 spiro atoms. The molecule has 3 rings (SSSR count). The first-order chi connectivity index (χ1) is 13.6. The van der Waals surface area contributed by atoms with Gasteiger partial charge in [0.15, 0.2) is 23.1 Å². The van der Waals surface area contributed by atoms with Crippen molar-refractivity contribution in [2.24, 2.45) is 0 Å². The second-order valence-electron chi connectivity index (χ2n) is 6.07. The SMILES string of the molecule is COc1cc(C(C)=O)ccc1OCCCC(=O)Nc1cc(-c2cccs2)[nH]n1. The molecule has 2 aromatic heterocycles. The van der Waals surface area contributed by atoms with Gasteiger partial charge in [-0.05, 0) is 43.0 Å². The zero-order valence-corrected chi connectivity index (χ0v) is 16.5. The van der Waals surface area contributed by atoms with Crippen molar-refractivity contribution < 1.29 is 19.1 Å². The standard InChI is InChI=1S/C20H21N3O4S/c1-13(24)14-7-8-16(17(11-14)26-2)27-9-3-6-20(25)21-19-12-15(22-23-19)18-5-4-10-28-18/h4-5,7-8,10-12H,3,6,9H2,1-2H3,(H2,21,22,23,25). The highest BCUT2D eigenvalue weighted by Crippen LogP contribution is 2.28. The fourth-order valence-electron chi connectivity index (χ4n) is 2.57. The third kappa shape index (κ3) is 4.98. The van der Waals surface area contributed by atoms with Crippen LogP contribution in [0.2, 0.25) is 0 Å². The molecule has 0 aliphatic carbocycles. The van der Waals surface area contributed by atoms with Crippen LogP contribution in [0.1, 0.15) is 30.1 Å². The molecule has 1 amide bonds. The number of hydrogen-bond acceptors (Lipinski definition) is 6. The average molecular weight is 399 g/mol. The van der Waals surface area contributed by atoms with E-state index in [0.29, 0.717) is 42.3 Å². The predicted octanol–water partition coefficient (Wildman–Crippen LogP) is 4.15. The van der Waals surface area contributed by atoms with Gasteiger partial charge < -0.3 is 14.8 Å². The van der Waals surface area contributed by atoms with Crippen molar-refractivity contribution in [2.45, 2.75) is 19.8 Å². The molecule has 8 heteroatoms. The number of carbonyl (C=O) groups excluding carboxylic acids is 2. The molecule has 0 atom stereocenters. The van der Waals surface area contributed by atoms with E-state index < -0.39 is 0 Å². The number of carbonyl (C=O) groups is 2. The molecule has 28 heavy (non-hydrogen) atoms. The Morgan fingerprint density at radius 1 is 1.21 bits per heavy atom. The van der Waals surface area contributed by atoms with Gasteiger partial charge in [0.05, 0.1) is 24.3 Å². The van der Waals surface area contributed by atoms with Gasteiger partial charge in [0, 0.05) is 18.1 Å². The van der Waals surface area contributed by atoms with Crippen LogP contribution in [0.3, 0.4) is 0 Å². The predicted molar refractivity (Wildman–Crippen MR) is 108 cm³/mol. The number of thiophene rings is 1.